The standard InChI is InChI=1S/C30H30N2O4/c1-17-25(29(33)34)28(26(30(35)36)18(2)31-17)22-11-10-20-9-8-19-6-4-5-7-23(19)27(24(20)16-22)21-12-14-32(3)15-13-21/h4-11,16,25,28H,12-15H2,1-3H3,(H,33,34)(H,35,36). The molecule has 1 saturated heterocycles. The smallest absolute Gasteiger partial charge is 0.334 e. The highest BCUT2D eigenvalue weighted by atomic mass is 16.4. The molecule has 184 valence electrons. The zero-order valence-corrected chi connectivity index (χ0v) is 20.8. The number of allylic oxidation sites excluding steroid dienone is 1. The first-order valence-corrected chi connectivity index (χ1v) is 12.3. The van der Waals surface area contributed by atoms with Gasteiger partial charge in [0.2, 0.25) is 0 Å². The van der Waals surface area contributed by atoms with Gasteiger partial charge in [0.25, 0.3) is 0 Å². The van der Waals surface area contributed by atoms with E-state index in [1.165, 1.54) is 11.1 Å². The van der Waals surface area contributed by atoms with E-state index in [0.29, 0.717) is 17.0 Å². The van der Waals surface area contributed by atoms with Gasteiger partial charge < -0.3 is 15.1 Å². The summed E-state index contributed by atoms with van der Waals surface area (Å²) in [4.78, 5) is 31.3. The third-order valence-electron chi connectivity index (χ3n) is 7.65. The molecule has 0 aromatic heterocycles. The summed E-state index contributed by atoms with van der Waals surface area (Å²) in [6.07, 6.45) is 6.13. The van der Waals surface area contributed by atoms with E-state index in [-0.39, 0.29) is 5.57 Å². The van der Waals surface area contributed by atoms with Crippen molar-refractivity contribution in [1.82, 2.24) is 4.90 Å². The largest absolute Gasteiger partial charge is 0.481 e. The van der Waals surface area contributed by atoms with Gasteiger partial charge in [0.1, 0.15) is 5.92 Å². The second-order valence-corrected chi connectivity index (χ2v) is 9.90. The maximum absolute atomic E-state index is 12.4. The van der Waals surface area contributed by atoms with E-state index >= 15 is 0 Å². The topological polar surface area (TPSA) is 90.2 Å². The maximum atomic E-state index is 12.4. The zero-order chi connectivity index (χ0) is 25.6. The molecule has 0 spiro atoms. The number of rotatable bonds is 3. The van der Waals surface area contributed by atoms with Crippen molar-refractivity contribution in [2.75, 3.05) is 20.1 Å². The SMILES string of the molecule is CC1=NC(C)=C(C(=O)O)C(c2ccc3c(c2)C(=C2CCN(C)CC2)c2ccccc2C=C3)C1C(=O)O. The summed E-state index contributed by atoms with van der Waals surface area (Å²) < 4.78 is 0. The summed E-state index contributed by atoms with van der Waals surface area (Å²) in [6, 6.07) is 14.3. The fraction of sp³-hybridized carbons (Fsp3) is 0.300. The van der Waals surface area contributed by atoms with Crippen molar-refractivity contribution in [2.45, 2.75) is 32.6 Å². The predicted molar refractivity (Wildman–Crippen MR) is 142 cm³/mol. The highest BCUT2D eigenvalue weighted by molar-refractivity contribution is 6.06. The van der Waals surface area contributed by atoms with Gasteiger partial charge in [-0.3, -0.25) is 9.79 Å². The Labute approximate surface area is 211 Å². The summed E-state index contributed by atoms with van der Waals surface area (Å²) >= 11 is 0. The van der Waals surface area contributed by atoms with Crippen LogP contribution in [0.3, 0.4) is 0 Å². The van der Waals surface area contributed by atoms with E-state index in [1.54, 1.807) is 13.8 Å². The van der Waals surface area contributed by atoms with Gasteiger partial charge in [-0.05, 0) is 73.2 Å². The first-order valence-electron chi connectivity index (χ1n) is 12.3. The van der Waals surface area contributed by atoms with E-state index in [1.807, 2.05) is 30.3 Å². The number of carboxylic acid groups (broad SMARTS) is 2. The fourth-order valence-corrected chi connectivity index (χ4v) is 5.84. The lowest BCUT2D eigenvalue weighted by molar-refractivity contribution is -0.140. The number of nitrogens with zero attached hydrogens (tertiary/aromatic N) is 2. The second-order valence-electron chi connectivity index (χ2n) is 9.90. The van der Waals surface area contributed by atoms with Gasteiger partial charge in [-0.2, -0.15) is 0 Å². The van der Waals surface area contributed by atoms with Gasteiger partial charge in [-0.25, -0.2) is 4.79 Å². The minimum atomic E-state index is -1.13. The Balaban J connectivity index is 1.75. The van der Waals surface area contributed by atoms with Crippen LogP contribution in [-0.4, -0.2) is 52.9 Å². The molecule has 1 aliphatic carbocycles. The molecule has 5 rings (SSSR count). The number of benzene rings is 2. The molecule has 0 saturated carbocycles. The molecule has 2 unspecified atom stereocenters. The Kier molecular flexibility index (Phi) is 6.22. The van der Waals surface area contributed by atoms with Crippen LogP contribution in [-0.2, 0) is 9.59 Å². The summed E-state index contributed by atoms with van der Waals surface area (Å²) in [5.74, 6) is -4.06. The Hall–Kier alpha value is -3.77. The molecule has 2 atom stereocenters. The highest BCUT2D eigenvalue weighted by Gasteiger charge is 2.41. The number of fused-ring (bicyclic) bond motifs is 2. The van der Waals surface area contributed by atoms with Gasteiger partial charge in [-0.1, -0.05) is 54.1 Å². The third-order valence-corrected chi connectivity index (χ3v) is 7.65. The Morgan fingerprint density at radius 2 is 1.61 bits per heavy atom. The van der Waals surface area contributed by atoms with E-state index in [0.717, 1.165) is 48.2 Å². The molecule has 0 radical (unpaired) electrons. The van der Waals surface area contributed by atoms with Crippen LogP contribution in [0.5, 0.6) is 0 Å². The lowest BCUT2D eigenvalue weighted by Crippen LogP contribution is -2.35. The number of piperidine rings is 1. The molecule has 36 heavy (non-hydrogen) atoms. The molecule has 6 heteroatoms. The second kappa shape index (κ2) is 9.36. The molecule has 2 aromatic carbocycles. The molecule has 0 bridgehead atoms. The molecule has 3 aliphatic rings. The Morgan fingerprint density at radius 1 is 0.944 bits per heavy atom. The Morgan fingerprint density at radius 3 is 2.28 bits per heavy atom. The van der Waals surface area contributed by atoms with Crippen molar-refractivity contribution >= 4 is 35.4 Å². The average molecular weight is 483 g/mol. The molecular formula is C30H30N2O4. The zero-order valence-electron chi connectivity index (χ0n) is 20.8. The lowest BCUT2D eigenvalue weighted by atomic mass is 9.74. The normalized spacial score (nSPS) is 22.0. The lowest BCUT2D eigenvalue weighted by Gasteiger charge is -2.31. The molecule has 2 aliphatic heterocycles. The molecule has 2 N–H and O–H groups in total. The van der Waals surface area contributed by atoms with Crippen molar-refractivity contribution in [3.63, 3.8) is 0 Å². The molecular weight excluding hydrogens is 452 g/mol. The van der Waals surface area contributed by atoms with Crippen LogP contribution in [0.15, 0.2) is 64.3 Å². The minimum Gasteiger partial charge on any atom is -0.481 e. The van der Waals surface area contributed by atoms with Gasteiger partial charge in [0, 0.05) is 30.4 Å². The van der Waals surface area contributed by atoms with Crippen molar-refractivity contribution in [1.29, 1.82) is 0 Å². The van der Waals surface area contributed by atoms with E-state index < -0.39 is 23.8 Å². The first-order chi connectivity index (χ1) is 17.3. The monoisotopic (exact) mass is 482 g/mol. The van der Waals surface area contributed by atoms with Crippen molar-refractivity contribution in [3.05, 3.63) is 87.1 Å². The molecule has 6 nitrogen and oxygen atoms in total. The summed E-state index contributed by atoms with van der Waals surface area (Å²) in [7, 11) is 2.14. The maximum Gasteiger partial charge on any atom is 0.334 e. The first kappa shape index (κ1) is 23.9. The minimum absolute atomic E-state index is 0.0472. The van der Waals surface area contributed by atoms with Crippen LogP contribution in [0.4, 0.5) is 0 Å². The summed E-state index contributed by atoms with van der Waals surface area (Å²) in [5.41, 5.74) is 8.45. The number of hydrogen-bond acceptors (Lipinski definition) is 4. The van der Waals surface area contributed by atoms with E-state index in [4.69, 9.17) is 0 Å². The van der Waals surface area contributed by atoms with Crippen molar-refractivity contribution in [2.24, 2.45) is 10.9 Å². The highest BCUT2D eigenvalue weighted by Crippen LogP contribution is 2.43. The number of aliphatic imine (C=N–C) groups is 1. The number of aliphatic carboxylic acids is 2. The number of hydrogen-bond donors (Lipinski definition) is 2. The molecule has 0 amide bonds. The van der Waals surface area contributed by atoms with Gasteiger partial charge >= 0.3 is 11.9 Å². The number of likely N-dealkylation sites (tertiary alicyclic amines) is 1. The van der Waals surface area contributed by atoms with Crippen molar-refractivity contribution in [3.8, 4) is 0 Å². The quantitative estimate of drug-likeness (QED) is 0.528. The number of carbonyl (C=O) groups is 2. The average Bonchev–Trinajstić information content (AvgIpc) is 3.00. The van der Waals surface area contributed by atoms with Gasteiger partial charge in [0.05, 0.1) is 5.57 Å². The van der Waals surface area contributed by atoms with E-state index in [9.17, 15) is 19.8 Å². The van der Waals surface area contributed by atoms with Gasteiger partial charge in [0.15, 0.2) is 0 Å². The molecule has 2 aromatic rings. The van der Waals surface area contributed by atoms with Crippen LogP contribution in [0, 0.1) is 5.92 Å². The molecule has 2 heterocycles. The third kappa shape index (κ3) is 4.11. The summed E-state index contributed by atoms with van der Waals surface area (Å²) in [5, 5.41) is 20.2. The fourth-order valence-electron chi connectivity index (χ4n) is 5.84. The van der Waals surface area contributed by atoms with E-state index in [2.05, 4.69) is 41.2 Å². The summed E-state index contributed by atoms with van der Waals surface area (Å²) in [6.45, 7) is 5.27. The van der Waals surface area contributed by atoms with Crippen LogP contribution < -0.4 is 0 Å². The van der Waals surface area contributed by atoms with Crippen LogP contribution in [0.1, 0.15) is 60.4 Å². The number of carboxylic acids is 2. The van der Waals surface area contributed by atoms with Crippen LogP contribution in [0.2, 0.25) is 0 Å². The Bertz CT molecular complexity index is 1390. The molecule has 1 fully saturated rings. The van der Waals surface area contributed by atoms with Crippen LogP contribution in [0.25, 0.3) is 17.7 Å². The van der Waals surface area contributed by atoms with Gasteiger partial charge in [-0.15, -0.1) is 0 Å². The van der Waals surface area contributed by atoms with Crippen molar-refractivity contribution < 1.29 is 19.8 Å². The predicted octanol–water partition coefficient (Wildman–Crippen LogP) is 5.32. The van der Waals surface area contributed by atoms with Crippen LogP contribution >= 0.6 is 0 Å².